The Bertz CT molecular complexity index is 253. The van der Waals surface area contributed by atoms with Gasteiger partial charge in [-0.25, -0.2) is 0 Å². The van der Waals surface area contributed by atoms with Crippen LogP contribution in [-0.4, -0.2) is 36.0 Å². The third-order valence-electron chi connectivity index (χ3n) is 3.77. The summed E-state index contributed by atoms with van der Waals surface area (Å²) in [5.41, 5.74) is 0.199. The highest BCUT2D eigenvalue weighted by molar-refractivity contribution is 5.76. The molecule has 1 N–H and O–H groups in total. The lowest BCUT2D eigenvalue weighted by Crippen LogP contribution is -2.44. The molecule has 0 aromatic rings. The molecule has 0 aromatic carbocycles. The van der Waals surface area contributed by atoms with Crippen LogP contribution in [0.3, 0.4) is 0 Å². The molecule has 100 valence electrons. The molecular weight excluding hydrogens is 212 g/mol. The van der Waals surface area contributed by atoms with Gasteiger partial charge in [0.15, 0.2) is 0 Å². The lowest BCUT2D eigenvalue weighted by atomic mass is 9.77. The molecule has 1 aliphatic heterocycles. The third kappa shape index (κ3) is 4.66. The molecule has 3 nitrogen and oxygen atoms in total. The Morgan fingerprint density at radius 3 is 2.18 bits per heavy atom. The molecule has 0 unspecified atom stereocenters. The predicted octanol–water partition coefficient (Wildman–Crippen LogP) is 2.41. The Hall–Kier alpha value is -0.570. The Kier molecular flexibility index (Phi) is 4.99. The molecular formula is C14H28N2O. The number of carbonyl (C=O) groups excluding carboxylic acids is 1. The first-order valence-electron chi connectivity index (χ1n) is 6.86. The fraction of sp³-hybridized carbons (Fsp3) is 0.929. The average molecular weight is 240 g/mol. The number of carbonyl (C=O) groups is 1. The van der Waals surface area contributed by atoms with Crippen molar-refractivity contribution >= 4 is 5.91 Å². The highest BCUT2D eigenvalue weighted by Gasteiger charge is 2.32. The number of nitrogens with zero attached hydrogens (tertiary/aromatic N) is 1. The Labute approximate surface area is 106 Å². The van der Waals surface area contributed by atoms with E-state index in [9.17, 15) is 4.79 Å². The number of hydrogen-bond acceptors (Lipinski definition) is 2. The van der Waals surface area contributed by atoms with Gasteiger partial charge in [-0.3, -0.25) is 4.79 Å². The number of nitrogens with one attached hydrogen (secondary N) is 1. The van der Waals surface area contributed by atoms with Gasteiger partial charge in [0, 0.05) is 18.5 Å². The summed E-state index contributed by atoms with van der Waals surface area (Å²) in [6.45, 7) is 13.0. The predicted molar refractivity (Wildman–Crippen MR) is 71.9 cm³/mol. The molecule has 1 heterocycles. The summed E-state index contributed by atoms with van der Waals surface area (Å²) in [6.07, 6.45) is 2.95. The van der Waals surface area contributed by atoms with Crippen LogP contribution in [0.15, 0.2) is 0 Å². The van der Waals surface area contributed by atoms with Gasteiger partial charge in [-0.05, 0) is 59.0 Å². The second-order valence-corrected chi connectivity index (χ2v) is 6.34. The summed E-state index contributed by atoms with van der Waals surface area (Å²) in [7, 11) is 0. The van der Waals surface area contributed by atoms with Crippen molar-refractivity contribution in [2.45, 2.75) is 66.0 Å². The maximum atomic E-state index is 11.8. The lowest BCUT2D eigenvalue weighted by molar-refractivity contribution is -0.124. The van der Waals surface area contributed by atoms with Gasteiger partial charge in [-0.15, -0.1) is 0 Å². The number of hydrogen-bond donors (Lipinski definition) is 1. The number of likely N-dealkylation sites (tertiary alicyclic amines) is 1. The first-order chi connectivity index (χ1) is 7.82. The van der Waals surface area contributed by atoms with Gasteiger partial charge in [0.25, 0.3) is 0 Å². The summed E-state index contributed by atoms with van der Waals surface area (Å²) in [5.74, 6) is 0.209. The molecule has 17 heavy (non-hydrogen) atoms. The minimum atomic E-state index is 0.199. The van der Waals surface area contributed by atoms with Crippen LogP contribution in [0.1, 0.15) is 53.9 Å². The summed E-state index contributed by atoms with van der Waals surface area (Å²) in [4.78, 5) is 14.3. The SMILES string of the molecule is CC(C)NC(=O)CC1(C)CCN(C(C)C)CC1. The van der Waals surface area contributed by atoms with E-state index in [1.165, 1.54) is 0 Å². The van der Waals surface area contributed by atoms with E-state index >= 15 is 0 Å². The summed E-state index contributed by atoms with van der Waals surface area (Å²) in [6, 6.07) is 0.880. The Morgan fingerprint density at radius 1 is 1.24 bits per heavy atom. The van der Waals surface area contributed by atoms with E-state index in [2.05, 4.69) is 31.0 Å². The van der Waals surface area contributed by atoms with Crippen molar-refractivity contribution in [2.24, 2.45) is 5.41 Å². The third-order valence-corrected chi connectivity index (χ3v) is 3.77. The zero-order valence-electron chi connectivity index (χ0n) is 12.0. The largest absolute Gasteiger partial charge is 0.354 e. The maximum Gasteiger partial charge on any atom is 0.220 e. The first kappa shape index (κ1) is 14.5. The Balaban J connectivity index is 2.41. The van der Waals surface area contributed by atoms with Gasteiger partial charge in [0.2, 0.25) is 5.91 Å². The van der Waals surface area contributed by atoms with Crippen LogP contribution in [0.4, 0.5) is 0 Å². The minimum Gasteiger partial charge on any atom is -0.354 e. The molecule has 0 atom stereocenters. The lowest BCUT2D eigenvalue weighted by Gasteiger charge is -2.41. The van der Waals surface area contributed by atoms with Crippen LogP contribution in [0.5, 0.6) is 0 Å². The van der Waals surface area contributed by atoms with E-state index < -0.39 is 0 Å². The van der Waals surface area contributed by atoms with Crippen molar-refractivity contribution < 1.29 is 4.79 Å². The molecule has 0 radical (unpaired) electrons. The molecule has 1 saturated heterocycles. The van der Waals surface area contributed by atoms with E-state index in [-0.39, 0.29) is 17.4 Å². The maximum absolute atomic E-state index is 11.8. The van der Waals surface area contributed by atoms with Crippen LogP contribution in [0.25, 0.3) is 0 Å². The normalized spacial score (nSPS) is 20.9. The van der Waals surface area contributed by atoms with Crippen LogP contribution in [0, 0.1) is 5.41 Å². The minimum absolute atomic E-state index is 0.199. The van der Waals surface area contributed by atoms with Crippen molar-refractivity contribution in [1.82, 2.24) is 10.2 Å². The molecule has 1 rings (SSSR count). The smallest absolute Gasteiger partial charge is 0.220 e. The topological polar surface area (TPSA) is 32.3 Å². The standard InChI is InChI=1S/C14H28N2O/c1-11(2)15-13(17)10-14(5)6-8-16(9-7-14)12(3)4/h11-12H,6-10H2,1-5H3,(H,15,17). The van der Waals surface area contributed by atoms with E-state index in [0.717, 1.165) is 25.9 Å². The van der Waals surface area contributed by atoms with Crippen molar-refractivity contribution in [1.29, 1.82) is 0 Å². The van der Waals surface area contributed by atoms with Crippen molar-refractivity contribution in [3.05, 3.63) is 0 Å². The first-order valence-corrected chi connectivity index (χ1v) is 6.86. The number of amides is 1. The van der Waals surface area contributed by atoms with Gasteiger partial charge in [-0.1, -0.05) is 6.92 Å². The molecule has 1 amide bonds. The molecule has 1 fully saturated rings. The molecule has 0 aromatic heterocycles. The molecule has 0 bridgehead atoms. The second-order valence-electron chi connectivity index (χ2n) is 6.34. The highest BCUT2D eigenvalue weighted by Crippen LogP contribution is 2.34. The molecule has 1 aliphatic rings. The van der Waals surface area contributed by atoms with E-state index in [1.807, 2.05) is 13.8 Å². The zero-order chi connectivity index (χ0) is 13.1. The summed E-state index contributed by atoms with van der Waals surface area (Å²) >= 11 is 0. The Morgan fingerprint density at radius 2 is 1.76 bits per heavy atom. The van der Waals surface area contributed by atoms with Gasteiger partial charge in [0.1, 0.15) is 0 Å². The van der Waals surface area contributed by atoms with E-state index in [0.29, 0.717) is 12.5 Å². The molecule has 0 spiro atoms. The van der Waals surface area contributed by atoms with Crippen LogP contribution in [0.2, 0.25) is 0 Å². The highest BCUT2D eigenvalue weighted by atomic mass is 16.1. The van der Waals surface area contributed by atoms with Gasteiger partial charge >= 0.3 is 0 Å². The molecule has 3 heteroatoms. The van der Waals surface area contributed by atoms with Gasteiger partial charge in [0.05, 0.1) is 0 Å². The quantitative estimate of drug-likeness (QED) is 0.818. The van der Waals surface area contributed by atoms with Gasteiger partial charge < -0.3 is 10.2 Å². The van der Waals surface area contributed by atoms with Crippen LogP contribution < -0.4 is 5.32 Å². The molecule has 0 aliphatic carbocycles. The van der Waals surface area contributed by atoms with Crippen LogP contribution >= 0.6 is 0 Å². The fourth-order valence-electron chi connectivity index (χ4n) is 2.52. The number of rotatable bonds is 4. The van der Waals surface area contributed by atoms with E-state index in [4.69, 9.17) is 0 Å². The van der Waals surface area contributed by atoms with Crippen molar-refractivity contribution in [3.63, 3.8) is 0 Å². The summed E-state index contributed by atoms with van der Waals surface area (Å²) < 4.78 is 0. The monoisotopic (exact) mass is 240 g/mol. The average Bonchev–Trinajstić information content (AvgIpc) is 2.15. The van der Waals surface area contributed by atoms with Gasteiger partial charge in [-0.2, -0.15) is 0 Å². The van der Waals surface area contributed by atoms with E-state index in [1.54, 1.807) is 0 Å². The second kappa shape index (κ2) is 5.85. The van der Waals surface area contributed by atoms with Crippen LogP contribution in [-0.2, 0) is 4.79 Å². The fourth-order valence-corrected chi connectivity index (χ4v) is 2.52. The molecule has 0 saturated carbocycles. The van der Waals surface area contributed by atoms with Crippen molar-refractivity contribution in [3.8, 4) is 0 Å². The number of piperidine rings is 1. The summed E-state index contributed by atoms with van der Waals surface area (Å²) in [5, 5.41) is 3.00. The van der Waals surface area contributed by atoms with Crippen molar-refractivity contribution in [2.75, 3.05) is 13.1 Å². The zero-order valence-corrected chi connectivity index (χ0v) is 12.0.